The molecule has 20 heavy (non-hydrogen) atoms. The summed E-state index contributed by atoms with van der Waals surface area (Å²) in [5, 5.41) is 9.31. The van der Waals surface area contributed by atoms with Crippen molar-refractivity contribution in [3.8, 4) is 5.75 Å². The molecule has 0 spiro atoms. The predicted octanol–water partition coefficient (Wildman–Crippen LogP) is 2.18. The second-order valence-electron chi connectivity index (χ2n) is 5.19. The second kappa shape index (κ2) is 8.95. The van der Waals surface area contributed by atoms with Gasteiger partial charge in [0.05, 0.1) is 13.7 Å². The van der Waals surface area contributed by atoms with Crippen LogP contribution in [0, 0.1) is 0 Å². The van der Waals surface area contributed by atoms with Gasteiger partial charge in [-0.05, 0) is 37.6 Å². The zero-order valence-corrected chi connectivity index (χ0v) is 12.9. The number of methoxy groups -OCH3 is 1. The van der Waals surface area contributed by atoms with E-state index in [9.17, 15) is 5.11 Å². The molecule has 1 aromatic carbocycles. The Kier molecular flexibility index (Phi) is 7.59. The predicted molar refractivity (Wildman–Crippen MR) is 83.0 cm³/mol. The van der Waals surface area contributed by atoms with Gasteiger partial charge in [0.25, 0.3) is 0 Å². The maximum atomic E-state index is 9.31. The van der Waals surface area contributed by atoms with Crippen molar-refractivity contribution < 1.29 is 9.84 Å². The van der Waals surface area contributed by atoms with Crippen molar-refractivity contribution in [1.29, 1.82) is 0 Å². The number of hydrogen-bond donors (Lipinski definition) is 2. The standard InChI is InChI=1S/C16H28N2O2/c1-4-5-9-18(10-11-19)16(13(2)17)14-7-6-8-15(12-14)20-3/h6-8,12-13,16,19H,4-5,9-11,17H2,1-3H3. The average Bonchev–Trinajstić information content (AvgIpc) is 2.45. The molecule has 0 aliphatic heterocycles. The molecule has 2 unspecified atom stereocenters. The topological polar surface area (TPSA) is 58.7 Å². The highest BCUT2D eigenvalue weighted by molar-refractivity contribution is 5.31. The Morgan fingerprint density at radius 3 is 2.65 bits per heavy atom. The number of aliphatic hydroxyl groups excluding tert-OH is 1. The maximum absolute atomic E-state index is 9.31. The minimum absolute atomic E-state index is 0.00878. The van der Waals surface area contributed by atoms with Crippen LogP contribution in [-0.4, -0.2) is 42.9 Å². The van der Waals surface area contributed by atoms with Crippen molar-refractivity contribution in [2.45, 2.75) is 38.8 Å². The van der Waals surface area contributed by atoms with Crippen LogP contribution < -0.4 is 10.5 Å². The lowest BCUT2D eigenvalue weighted by atomic mass is 9.98. The fraction of sp³-hybridized carbons (Fsp3) is 0.625. The van der Waals surface area contributed by atoms with Crippen LogP contribution >= 0.6 is 0 Å². The fourth-order valence-corrected chi connectivity index (χ4v) is 2.55. The molecule has 1 rings (SSSR count). The number of benzene rings is 1. The van der Waals surface area contributed by atoms with Crippen molar-refractivity contribution in [1.82, 2.24) is 4.90 Å². The molecule has 3 N–H and O–H groups in total. The number of nitrogens with zero attached hydrogens (tertiary/aromatic N) is 1. The third kappa shape index (κ3) is 4.78. The summed E-state index contributed by atoms with van der Waals surface area (Å²) in [6.07, 6.45) is 2.24. The summed E-state index contributed by atoms with van der Waals surface area (Å²) in [6, 6.07) is 8.12. The van der Waals surface area contributed by atoms with Gasteiger partial charge in [0, 0.05) is 18.6 Å². The first-order valence-electron chi connectivity index (χ1n) is 7.38. The van der Waals surface area contributed by atoms with Crippen LogP contribution in [0.5, 0.6) is 5.75 Å². The zero-order valence-electron chi connectivity index (χ0n) is 12.9. The minimum atomic E-state index is -0.00878. The average molecular weight is 280 g/mol. The van der Waals surface area contributed by atoms with E-state index in [0.29, 0.717) is 6.54 Å². The van der Waals surface area contributed by atoms with E-state index in [1.54, 1.807) is 7.11 Å². The fourth-order valence-electron chi connectivity index (χ4n) is 2.55. The lowest BCUT2D eigenvalue weighted by Gasteiger charge is -2.34. The van der Waals surface area contributed by atoms with Gasteiger partial charge < -0.3 is 15.6 Å². The number of ether oxygens (including phenoxy) is 1. The van der Waals surface area contributed by atoms with Gasteiger partial charge in [-0.2, -0.15) is 0 Å². The van der Waals surface area contributed by atoms with Crippen LogP contribution in [-0.2, 0) is 0 Å². The van der Waals surface area contributed by atoms with E-state index in [4.69, 9.17) is 10.5 Å². The van der Waals surface area contributed by atoms with Crippen LogP contribution in [0.1, 0.15) is 38.3 Å². The molecule has 0 aromatic heterocycles. The van der Waals surface area contributed by atoms with Crippen molar-refractivity contribution in [2.75, 3.05) is 26.8 Å². The van der Waals surface area contributed by atoms with Gasteiger partial charge in [0.2, 0.25) is 0 Å². The summed E-state index contributed by atoms with van der Waals surface area (Å²) in [4.78, 5) is 2.27. The third-order valence-electron chi connectivity index (χ3n) is 3.51. The van der Waals surface area contributed by atoms with Gasteiger partial charge in [-0.3, -0.25) is 4.90 Å². The molecule has 0 bridgehead atoms. The molecule has 0 aliphatic carbocycles. The van der Waals surface area contributed by atoms with Gasteiger partial charge >= 0.3 is 0 Å². The molecule has 0 fully saturated rings. The van der Waals surface area contributed by atoms with Crippen molar-refractivity contribution >= 4 is 0 Å². The van der Waals surface area contributed by atoms with E-state index in [1.165, 1.54) is 0 Å². The highest BCUT2D eigenvalue weighted by Gasteiger charge is 2.23. The maximum Gasteiger partial charge on any atom is 0.119 e. The quantitative estimate of drug-likeness (QED) is 0.728. The van der Waals surface area contributed by atoms with Crippen molar-refractivity contribution in [3.63, 3.8) is 0 Å². The lowest BCUT2D eigenvalue weighted by molar-refractivity contribution is 0.135. The molecule has 0 saturated heterocycles. The molecule has 0 amide bonds. The summed E-state index contributed by atoms with van der Waals surface area (Å²) < 4.78 is 5.30. The van der Waals surface area contributed by atoms with Crippen molar-refractivity contribution in [3.05, 3.63) is 29.8 Å². The lowest BCUT2D eigenvalue weighted by Crippen LogP contribution is -2.41. The number of unbranched alkanes of at least 4 members (excludes halogenated alkanes) is 1. The van der Waals surface area contributed by atoms with E-state index in [2.05, 4.69) is 17.9 Å². The van der Waals surface area contributed by atoms with E-state index < -0.39 is 0 Å². The summed E-state index contributed by atoms with van der Waals surface area (Å²) in [7, 11) is 1.67. The van der Waals surface area contributed by atoms with Crippen LogP contribution in [0.15, 0.2) is 24.3 Å². The third-order valence-corrected chi connectivity index (χ3v) is 3.51. The minimum Gasteiger partial charge on any atom is -0.497 e. The van der Waals surface area contributed by atoms with E-state index in [0.717, 1.165) is 30.7 Å². The zero-order chi connectivity index (χ0) is 15.0. The number of rotatable bonds is 9. The smallest absolute Gasteiger partial charge is 0.119 e. The SMILES string of the molecule is CCCCN(CCO)C(c1cccc(OC)c1)C(C)N. The Morgan fingerprint density at radius 1 is 1.35 bits per heavy atom. The van der Waals surface area contributed by atoms with Crippen LogP contribution in [0.2, 0.25) is 0 Å². The summed E-state index contributed by atoms with van der Waals surface area (Å²) in [6.45, 7) is 5.92. The van der Waals surface area contributed by atoms with Crippen LogP contribution in [0.4, 0.5) is 0 Å². The van der Waals surface area contributed by atoms with Gasteiger partial charge in [-0.15, -0.1) is 0 Å². The Balaban J connectivity index is 2.99. The molecule has 0 heterocycles. The molecule has 1 aromatic rings. The molecule has 0 saturated carbocycles. The highest BCUT2D eigenvalue weighted by atomic mass is 16.5. The first kappa shape index (κ1) is 17.0. The van der Waals surface area contributed by atoms with Crippen LogP contribution in [0.3, 0.4) is 0 Å². The van der Waals surface area contributed by atoms with E-state index in [-0.39, 0.29) is 18.7 Å². The first-order chi connectivity index (χ1) is 9.63. The highest BCUT2D eigenvalue weighted by Crippen LogP contribution is 2.26. The Bertz CT molecular complexity index is 382. The second-order valence-corrected chi connectivity index (χ2v) is 5.19. The van der Waals surface area contributed by atoms with E-state index in [1.807, 2.05) is 25.1 Å². The van der Waals surface area contributed by atoms with Gasteiger partial charge in [-0.1, -0.05) is 25.5 Å². The largest absolute Gasteiger partial charge is 0.497 e. The molecule has 0 aliphatic rings. The van der Waals surface area contributed by atoms with Crippen molar-refractivity contribution in [2.24, 2.45) is 5.73 Å². The summed E-state index contributed by atoms with van der Waals surface area (Å²) >= 11 is 0. The van der Waals surface area contributed by atoms with E-state index >= 15 is 0 Å². The molecular weight excluding hydrogens is 252 g/mol. The molecule has 2 atom stereocenters. The molecule has 4 nitrogen and oxygen atoms in total. The number of nitrogens with two attached hydrogens (primary N) is 1. The number of aliphatic hydroxyl groups is 1. The molecule has 114 valence electrons. The summed E-state index contributed by atoms with van der Waals surface area (Å²) in [5.41, 5.74) is 7.34. The van der Waals surface area contributed by atoms with Gasteiger partial charge in [0.1, 0.15) is 5.75 Å². The normalized spacial score (nSPS) is 14.3. The summed E-state index contributed by atoms with van der Waals surface area (Å²) in [5.74, 6) is 0.840. The van der Waals surface area contributed by atoms with Gasteiger partial charge in [-0.25, -0.2) is 0 Å². The Labute approximate surface area is 122 Å². The first-order valence-corrected chi connectivity index (χ1v) is 7.38. The Morgan fingerprint density at radius 2 is 2.10 bits per heavy atom. The molecule has 4 heteroatoms. The number of hydrogen-bond acceptors (Lipinski definition) is 4. The molecular formula is C16H28N2O2. The Hall–Kier alpha value is -1.10. The van der Waals surface area contributed by atoms with Crippen LogP contribution in [0.25, 0.3) is 0 Å². The van der Waals surface area contributed by atoms with Gasteiger partial charge in [0.15, 0.2) is 0 Å². The molecule has 0 radical (unpaired) electrons. The monoisotopic (exact) mass is 280 g/mol.